The third-order valence-corrected chi connectivity index (χ3v) is 5.99. The molecule has 7 nitrogen and oxygen atoms in total. The standard InChI is InChI=1S/C24H33N5O2/c1-25-24(26-19-20-3-5-21(6-4-20)28-15-17-31-18-16-28)29-13-11-27(12-14-29)22-7-9-23(30-2)10-8-22/h3-10H,11-19H2,1-2H3,(H,25,26). The number of guanidine groups is 1. The minimum atomic E-state index is 0.773. The molecular weight excluding hydrogens is 390 g/mol. The van der Waals surface area contributed by atoms with E-state index in [9.17, 15) is 0 Å². The molecule has 2 saturated heterocycles. The molecular formula is C24H33N5O2. The zero-order valence-corrected chi connectivity index (χ0v) is 18.6. The number of hydrogen-bond acceptors (Lipinski definition) is 5. The first-order chi connectivity index (χ1) is 15.3. The van der Waals surface area contributed by atoms with Crippen molar-refractivity contribution in [1.29, 1.82) is 0 Å². The van der Waals surface area contributed by atoms with Gasteiger partial charge < -0.3 is 29.5 Å². The van der Waals surface area contributed by atoms with Crippen molar-refractivity contribution in [3.63, 3.8) is 0 Å². The highest BCUT2D eigenvalue weighted by Gasteiger charge is 2.20. The largest absolute Gasteiger partial charge is 0.497 e. The average molecular weight is 424 g/mol. The number of nitrogens with zero attached hydrogens (tertiary/aromatic N) is 4. The van der Waals surface area contributed by atoms with E-state index < -0.39 is 0 Å². The monoisotopic (exact) mass is 423 g/mol. The van der Waals surface area contributed by atoms with Crippen molar-refractivity contribution in [3.8, 4) is 5.75 Å². The van der Waals surface area contributed by atoms with Crippen molar-refractivity contribution in [2.75, 3.05) is 76.4 Å². The fraction of sp³-hybridized carbons (Fsp3) is 0.458. The lowest BCUT2D eigenvalue weighted by atomic mass is 10.2. The van der Waals surface area contributed by atoms with Crippen LogP contribution in [0.25, 0.3) is 0 Å². The predicted molar refractivity (Wildman–Crippen MR) is 126 cm³/mol. The van der Waals surface area contributed by atoms with Gasteiger partial charge in [-0.1, -0.05) is 12.1 Å². The number of rotatable bonds is 5. The van der Waals surface area contributed by atoms with Crippen LogP contribution in [0.1, 0.15) is 5.56 Å². The molecule has 2 aromatic rings. The van der Waals surface area contributed by atoms with Crippen LogP contribution in [0.15, 0.2) is 53.5 Å². The van der Waals surface area contributed by atoms with E-state index in [1.807, 2.05) is 19.2 Å². The SMILES string of the molecule is CN=C(NCc1ccc(N2CCOCC2)cc1)N1CCN(c2ccc(OC)cc2)CC1. The summed E-state index contributed by atoms with van der Waals surface area (Å²) in [6, 6.07) is 17.1. The summed E-state index contributed by atoms with van der Waals surface area (Å²) in [6.45, 7) is 8.16. The number of benzene rings is 2. The van der Waals surface area contributed by atoms with Gasteiger partial charge in [0.15, 0.2) is 5.96 Å². The van der Waals surface area contributed by atoms with Gasteiger partial charge in [0.25, 0.3) is 0 Å². The zero-order chi connectivity index (χ0) is 21.5. The fourth-order valence-corrected chi connectivity index (χ4v) is 4.13. The fourth-order valence-electron chi connectivity index (χ4n) is 4.13. The van der Waals surface area contributed by atoms with Gasteiger partial charge in [0.2, 0.25) is 0 Å². The van der Waals surface area contributed by atoms with Crippen LogP contribution < -0.4 is 19.9 Å². The van der Waals surface area contributed by atoms with Crippen LogP contribution >= 0.6 is 0 Å². The molecule has 0 saturated carbocycles. The van der Waals surface area contributed by atoms with E-state index in [4.69, 9.17) is 9.47 Å². The van der Waals surface area contributed by atoms with E-state index in [0.29, 0.717) is 0 Å². The molecule has 4 rings (SSSR count). The molecule has 0 aliphatic carbocycles. The molecule has 31 heavy (non-hydrogen) atoms. The Balaban J connectivity index is 1.26. The summed E-state index contributed by atoms with van der Waals surface area (Å²) in [7, 11) is 3.56. The van der Waals surface area contributed by atoms with E-state index >= 15 is 0 Å². The van der Waals surface area contributed by atoms with Gasteiger partial charge in [0.1, 0.15) is 5.75 Å². The zero-order valence-electron chi connectivity index (χ0n) is 18.6. The molecule has 0 spiro atoms. The van der Waals surface area contributed by atoms with Crippen LogP contribution in [0.2, 0.25) is 0 Å². The lowest BCUT2D eigenvalue weighted by molar-refractivity contribution is 0.122. The first kappa shape index (κ1) is 21.3. The highest BCUT2D eigenvalue weighted by atomic mass is 16.5. The van der Waals surface area contributed by atoms with Gasteiger partial charge in [-0.2, -0.15) is 0 Å². The predicted octanol–water partition coefficient (Wildman–Crippen LogP) is 2.43. The van der Waals surface area contributed by atoms with E-state index in [1.165, 1.54) is 16.9 Å². The molecule has 0 unspecified atom stereocenters. The summed E-state index contributed by atoms with van der Waals surface area (Å²) >= 11 is 0. The van der Waals surface area contributed by atoms with Crippen molar-refractivity contribution in [3.05, 3.63) is 54.1 Å². The Labute approximate surface area is 185 Å². The van der Waals surface area contributed by atoms with E-state index in [0.717, 1.165) is 70.7 Å². The first-order valence-electron chi connectivity index (χ1n) is 11.0. The molecule has 2 aromatic carbocycles. The average Bonchev–Trinajstić information content (AvgIpc) is 2.86. The molecule has 2 aliphatic heterocycles. The molecule has 2 fully saturated rings. The van der Waals surface area contributed by atoms with Crippen LogP contribution in [0.5, 0.6) is 5.75 Å². The minimum absolute atomic E-state index is 0.773. The molecule has 1 N–H and O–H groups in total. The topological polar surface area (TPSA) is 52.6 Å². The summed E-state index contributed by atoms with van der Waals surface area (Å²) in [4.78, 5) is 11.6. The number of ether oxygens (including phenoxy) is 2. The number of piperazine rings is 1. The maximum atomic E-state index is 5.44. The Bertz CT molecular complexity index is 839. The van der Waals surface area contributed by atoms with Crippen LogP contribution in [0.4, 0.5) is 11.4 Å². The number of methoxy groups -OCH3 is 1. The molecule has 7 heteroatoms. The van der Waals surface area contributed by atoms with E-state index in [-0.39, 0.29) is 0 Å². The second-order valence-corrected chi connectivity index (χ2v) is 7.84. The van der Waals surface area contributed by atoms with Crippen molar-refractivity contribution < 1.29 is 9.47 Å². The molecule has 2 aliphatic rings. The molecule has 0 radical (unpaired) electrons. The molecule has 0 aromatic heterocycles. The Hall–Kier alpha value is -2.93. The second kappa shape index (κ2) is 10.4. The minimum Gasteiger partial charge on any atom is -0.497 e. The number of morpholine rings is 1. The lowest BCUT2D eigenvalue weighted by Gasteiger charge is -2.37. The molecule has 0 amide bonds. The van der Waals surface area contributed by atoms with Gasteiger partial charge in [-0.3, -0.25) is 4.99 Å². The van der Waals surface area contributed by atoms with Gasteiger partial charge in [0, 0.05) is 64.2 Å². The number of aliphatic imine (C=N–C) groups is 1. The Morgan fingerprint density at radius 1 is 0.871 bits per heavy atom. The Morgan fingerprint density at radius 2 is 1.45 bits per heavy atom. The normalized spacial score (nSPS) is 17.6. The summed E-state index contributed by atoms with van der Waals surface area (Å²) in [5, 5.41) is 3.53. The first-order valence-corrected chi connectivity index (χ1v) is 11.0. The third-order valence-electron chi connectivity index (χ3n) is 5.99. The molecule has 0 atom stereocenters. The van der Waals surface area contributed by atoms with Crippen molar-refractivity contribution in [2.45, 2.75) is 6.54 Å². The van der Waals surface area contributed by atoms with Gasteiger partial charge in [-0.05, 0) is 42.0 Å². The quantitative estimate of drug-likeness (QED) is 0.589. The summed E-state index contributed by atoms with van der Waals surface area (Å²) in [6.07, 6.45) is 0. The van der Waals surface area contributed by atoms with Crippen LogP contribution in [0.3, 0.4) is 0 Å². The Kier molecular flexibility index (Phi) is 7.14. The van der Waals surface area contributed by atoms with Crippen LogP contribution in [-0.4, -0.2) is 77.5 Å². The number of nitrogens with one attached hydrogen (secondary N) is 1. The van der Waals surface area contributed by atoms with Crippen molar-refractivity contribution >= 4 is 17.3 Å². The smallest absolute Gasteiger partial charge is 0.194 e. The van der Waals surface area contributed by atoms with Gasteiger partial charge in [-0.15, -0.1) is 0 Å². The Morgan fingerprint density at radius 3 is 2.03 bits per heavy atom. The van der Waals surface area contributed by atoms with Gasteiger partial charge in [0.05, 0.1) is 20.3 Å². The van der Waals surface area contributed by atoms with Gasteiger partial charge in [-0.25, -0.2) is 0 Å². The number of hydrogen-bond donors (Lipinski definition) is 1. The molecule has 0 bridgehead atoms. The highest BCUT2D eigenvalue weighted by Crippen LogP contribution is 2.21. The lowest BCUT2D eigenvalue weighted by Crippen LogP contribution is -2.52. The third kappa shape index (κ3) is 5.41. The molecule has 166 valence electrons. The second-order valence-electron chi connectivity index (χ2n) is 7.84. The van der Waals surface area contributed by atoms with Crippen molar-refractivity contribution in [1.82, 2.24) is 10.2 Å². The molecule has 2 heterocycles. The highest BCUT2D eigenvalue weighted by molar-refractivity contribution is 5.80. The summed E-state index contributed by atoms with van der Waals surface area (Å²) < 4.78 is 10.7. The number of anilines is 2. The summed E-state index contributed by atoms with van der Waals surface area (Å²) in [5.41, 5.74) is 3.77. The van der Waals surface area contributed by atoms with E-state index in [1.54, 1.807) is 7.11 Å². The van der Waals surface area contributed by atoms with Crippen LogP contribution in [0, 0.1) is 0 Å². The van der Waals surface area contributed by atoms with Crippen LogP contribution in [-0.2, 0) is 11.3 Å². The maximum absolute atomic E-state index is 5.44. The van der Waals surface area contributed by atoms with Gasteiger partial charge >= 0.3 is 0 Å². The van der Waals surface area contributed by atoms with E-state index in [2.05, 4.69) is 61.4 Å². The maximum Gasteiger partial charge on any atom is 0.194 e. The van der Waals surface area contributed by atoms with Crippen molar-refractivity contribution in [2.24, 2.45) is 4.99 Å². The summed E-state index contributed by atoms with van der Waals surface area (Å²) in [5.74, 6) is 1.86.